The number of urea groups is 1. The van der Waals surface area contributed by atoms with Crippen molar-refractivity contribution < 1.29 is 4.79 Å². The second-order valence-corrected chi connectivity index (χ2v) is 3.46. The number of nitrogens with one attached hydrogen (secondary N) is 2. The van der Waals surface area contributed by atoms with Crippen molar-refractivity contribution in [2.24, 2.45) is 0 Å². The molecule has 1 saturated heterocycles. The minimum absolute atomic E-state index is 0.0253. The molecule has 1 radical (unpaired) electrons. The SMILES string of the molecule is O=C(Nc1cc[c]cc1)N1CCNCC1. The Kier molecular flexibility index (Phi) is 3.19. The maximum absolute atomic E-state index is 11.7. The van der Waals surface area contributed by atoms with Gasteiger partial charge in [0.2, 0.25) is 0 Å². The van der Waals surface area contributed by atoms with Crippen LogP contribution in [0.3, 0.4) is 0 Å². The first-order valence-electron chi connectivity index (χ1n) is 5.09. The number of nitrogens with zero attached hydrogens (tertiary/aromatic N) is 1. The molecule has 1 heterocycles. The normalized spacial score (nSPS) is 16.1. The lowest BCUT2D eigenvalue weighted by atomic mass is 10.3. The zero-order valence-electron chi connectivity index (χ0n) is 8.49. The number of benzene rings is 1. The fraction of sp³-hybridized carbons (Fsp3) is 0.364. The molecule has 2 rings (SSSR count). The summed E-state index contributed by atoms with van der Waals surface area (Å²) in [6, 6.07) is 10.1. The van der Waals surface area contributed by atoms with E-state index in [1.807, 2.05) is 17.0 Å². The maximum atomic E-state index is 11.7. The highest BCUT2D eigenvalue weighted by molar-refractivity contribution is 5.89. The molecule has 15 heavy (non-hydrogen) atoms. The predicted molar refractivity (Wildman–Crippen MR) is 58.7 cm³/mol. The molecule has 2 amide bonds. The first kappa shape index (κ1) is 9.98. The molecule has 79 valence electrons. The summed E-state index contributed by atoms with van der Waals surface area (Å²) in [6.45, 7) is 3.28. The summed E-state index contributed by atoms with van der Waals surface area (Å²) in [6.07, 6.45) is 0. The highest BCUT2D eigenvalue weighted by atomic mass is 16.2. The van der Waals surface area contributed by atoms with Crippen LogP contribution < -0.4 is 10.6 Å². The lowest BCUT2D eigenvalue weighted by Crippen LogP contribution is -2.48. The lowest BCUT2D eigenvalue weighted by molar-refractivity contribution is 0.204. The fourth-order valence-electron chi connectivity index (χ4n) is 1.54. The Hall–Kier alpha value is -1.55. The van der Waals surface area contributed by atoms with Gasteiger partial charge in [-0.05, 0) is 18.2 Å². The number of anilines is 1. The number of carbonyl (C=O) groups is 1. The van der Waals surface area contributed by atoms with E-state index in [0.717, 1.165) is 31.9 Å². The van der Waals surface area contributed by atoms with Crippen molar-refractivity contribution >= 4 is 11.7 Å². The zero-order chi connectivity index (χ0) is 10.5. The van der Waals surface area contributed by atoms with Crippen molar-refractivity contribution in [3.8, 4) is 0 Å². The van der Waals surface area contributed by atoms with Crippen LogP contribution in [0.25, 0.3) is 0 Å². The first-order chi connectivity index (χ1) is 7.36. The van der Waals surface area contributed by atoms with Crippen molar-refractivity contribution in [2.75, 3.05) is 31.5 Å². The Labute approximate surface area is 89.3 Å². The second kappa shape index (κ2) is 4.79. The van der Waals surface area contributed by atoms with Crippen molar-refractivity contribution in [2.45, 2.75) is 0 Å². The van der Waals surface area contributed by atoms with E-state index in [0.29, 0.717) is 0 Å². The van der Waals surface area contributed by atoms with E-state index >= 15 is 0 Å². The molecule has 0 aliphatic carbocycles. The third-order valence-corrected chi connectivity index (χ3v) is 2.37. The fourth-order valence-corrected chi connectivity index (χ4v) is 1.54. The van der Waals surface area contributed by atoms with E-state index in [9.17, 15) is 4.79 Å². The summed E-state index contributed by atoms with van der Waals surface area (Å²) in [4.78, 5) is 13.6. The maximum Gasteiger partial charge on any atom is 0.321 e. The number of rotatable bonds is 1. The van der Waals surface area contributed by atoms with Gasteiger partial charge in [0, 0.05) is 31.9 Å². The van der Waals surface area contributed by atoms with Gasteiger partial charge in [0.15, 0.2) is 0 Å². The average Bonchev–Trinajstić information content (AvgIpc) is 2.31. The van der Waals surface area contributed by atoms with Crippen LogP contribution in [0.2, 0.25) is 0 Å². The van der Waals surface area contributed by atoms with Gasteiger partial charge in [-0.2, -0.15) is 0 Å². The van der Waals surface area contributed by atoms with E-state index in [4.69, 9.17) is 0 Å². The third kappa shape index (κ3) is 2.70. The molecular formula is C11H14N3O. The molecule has 0 aromatic heterocycles. The summed E-state index contributed by atoms with van der Waals surface area (Å²) in [5, 5.41) is 6.06. The minimum atomic E-state index is -0.0253. The third-order valence-electron chi connectivity index (χ3n) is 2.37. The van der Waals surface area contributed by atoms with Gasteiger partial charge in [-0.1, -0.05) is 12.1 Å². The Morgan fingerprint density at radius 1 is 1.33 bits per heavy atom. The molecule has 0 atom stereocenters. The monoisotopic (exact) mass is 204 g/mol. The summed E-state index contributed by atoms with van der Waals surface area (Å²) in [5.74, 6) is 0. The molecule has 1 aromatic rings. The van der Waals surface area contributed by atoms with Gasteiger partial charge in [0.05, 0.1) is 0 Å². The summed E-state index contributed by atoms with van der Waals surface area (Å²) in [7, 11) is 0. The Balaban J connectivity index is 1.91. The molecule has 0 bridgehead atoms. The average molecular weight is 204 g/mol. The quantitative estimate of drug-likeness (QED) is 0.714. The largest absolute Gasteiger partial charge is 0.322 e. The van der Waals surface area contributed by atoms with Gasteiger partial charge in [0.25, 0.3) is 0 Å². The molecule has 1 aromatic carbocycles. The van der Waals surface area contributed by atoms with Crippen LogP contribution in [0.4, 0.5) is 10.5 Å². The van der Waals surface area contributed by atoms with E-state index in [-0.39, 0.29) is 6.03 Å². The Bertz CT molecular complexity index is 320. The summed E-state index contributed by atoms with van der Waals surface area (Å²) >= 11 is 0. The van der Waals surface area contributed by atoms with E-state index < -0.39 is 0 Å². The number of piperazine rings is 1. The zero-order valence-corrected chi connectivity index (χ0v) is 8.49. The Morgan fingerprint density at radius 2 is 2.00 bits per heavy atom. The smallest absolute Gasteiger partial charge is 0.321 e. The highest BCUT2D eigenvalue weighted by Gasteiger charge is 2.15. The molecule has 4 nitrogen and oxygen atoms in total. The molecule has 1 aliphatic heterocycles. The summed E-state index contributed by atoms with van der Waals surface area (Å²) in [5.41, 5.74) is 0.817. The van der Waals surface area contributed by atoms with Crippen molar-refractivity contribution in [3.63, 3.8) is 0 Å². The van der Waals surface area contributed by atoms with Gasteiger partial charge in [0.1, 0.15) is 0 Å². The van der Waals surface area contributed by atoms with Crippen LogP contribution in [-0.4, -0.2) is 37.1 Å². The highest BCUT2D eigenvalue weighted by Crippen LogP contribution is 2.06. The number of hydrogen-bond donors (Lipinski definition) is 2. The van der Waals surface area contributed by atoms with Crippen LogP contribution in [0.15, 0.2) is 24.3 Å². The lowest BCUT2D eigenvalue weighted by Gasteiger charge is -2.27. The number of carbonyl (C=O) groups excluding carboxylic acids is 1. The standard InChI is InChI=1S/C11H14N3O/c15-11(14-8-6-12-7-9-14)13-10-4-2-1-3-5-10/h2-5,12H,6-9H2,(H,13,15). The molecule has 0 unspecified atom stereocenters. The molecule has 1 fully saturated rings. The second-order valence-electron chi connectivity index (χ2n) is 3.46. The van der Waals surface area contributed by atoms with Crippen LogP contribution in [0, 0.1) is 6.07 Å². The molecule has 1 aliphatic rings. The van der Waals surface area contributed by atoms with Crippen LogP contribution in [-0.2, 0) is 0 Å². The minimum Gasteiger partial charge on any atom is -0.322 e. The van der Waals surface area contributed by atoms with Gasteiger partial charge in [-0.15, -0.1) is 0 Å². The van der Waals surface area contributed by atoms with Crippen LogP contribution in [0.5, 0.6) is 0 Å². The molecular weight excluding hydrogens is 190 g/mol. The first-order valence-corrected chi connectivity index (χ1v) is 5.09. The van der Waals surface area contributed by atoms with Gasteiger partial charge in [-0.3, -0.25) is 0 Å². The molecule has 4 heteroatoms. The van der Waals surface area contributed by atoms with Crippen LogP contribution in [0.1, 0.15) is 0 Å². The molecule has 0 saturated carbocycles. The van der Waals surface area contributed by atoms with E-state index in [1.54, 1.807) is 12.1 Å². The van der Waals surface area contributed by atoms with Gasteiger partial charge < -0.3 is 15.5 Å². The van der Waals surface area contributed by atoms with E-state index in [2.05, 4.69) is 16.7 Å². The summed E-state index contributed by atoms with van der Waals surface area (Å²) < 4.78 is 0. The van der Waals surface area contributed by atoms with Gasteiger partial charge >= 0.3 is 6.03 Å². The topological polar surface area (TPSA) is 44.4 Å². The van der Waals surface area contributed by atoms with Crippen molar-refractivity contribution in [3.05, 3.63) is 30.3 Å². The molecule has 2 N–H and O–H groups in total. The predicted octanol–water partition coefficient (Wildman–Crippen LogP) is 0.924. The molecule has 0 spiro atoms. The van der Waals surface area contributed by atoms with Crippen molar-refractivity contribution in [1.29, 1.82) is 0 Å². The number of amides is 2. The number of hydrogen-bond acceptors (Lipinski definition) is 2. The van der Waals surface area contributed by atoms with Gasteiger partial charge in [-0.25, -0.2) is 4.79 Å². The Morgan fingerprint density at radius 3 is 2.67 bits per heavy atom. The van der Waals surface area contributed by atoms with Crippen molar-refractivity contribution in [1.82, 2.24) is 10.2 Å². The van der Waals surface area contributed by atoms with E-state index in [1.165, 1.54) is 0 Å². The van der Waals surface area contributed by atoms with Crippen LogP contribution >= 0.6 is 0 Å².